The van der Waals surface area contributed by atoms with E-state index < -0.39 is 0 Å². The van der Waals surface area contributed by atoms with E-state index in [4.69, 9.17) is 0 Å². The molecule has 0 aromatic heterocycles. The number of allylic oxidation sites excluding steroid dienone is 2. The second kappa shape index (κ2) is 5.62. The molecule has 1 aliphatic rings. The van der Waals surface area contributed by atoms with Crippen molar-refractivity contribution in [2.24, 2.45) is 0 Å². The van der Waals surface area contributed by atoms with Gasteiger partial charge in [0.1, 0.15) is 0 Å². The Morgan fingerprint density at radius 1 is 0.905 bits per heavy atom. The molecule has 0 radical (unpaired) electrons. The standard InChI is InChI=1S/C21H20/c1-15-11-13-18(14-12-15)20-9-6-10-21(17(20)3)19-8-5-4-7-16(19)2/h4-5,7-8,11-14,20H,9H2,1-3H3. The van der Waals surface area contributed by atoms with E-state index in [-0.39, 0.29) is 0 Å². The summed E-state index contributed by atoms with van der Waals surface area (Å²) in [6, 6.07) is 17.4. The first-order chi connectivity index (χ1) is 10.2. The van der Waals surface area contributed by atoms with Crippen LogP contribution < -0.4 is 0 Å². The first-order valence-corrected chi connectivity index (χ1v) is 7.49. The minimum atomic E-state index is 0.418. The number of hydrogen-bond acceptors (Lipinski definition) is 0. The highest BCUT2D eigenvalue weighted by molar-refractivity contribution is 5.84. The summed E-state index contributed by atoms with van der Waals surface area (Å²) in [7, 11) is 0. The maximum atomic E-state index is 3.37. The lowest BCUT2D eigenvalue weighted by molar-refractivity contribution is 0.821. The molecule has 0 spiro atoms. The van der Waals surface area contributed by atoms with Gasteiger partial charge in [0, 0.05) is 17.9 Å². The largest absolute Gasteiger partial charge is 0.0969 e. The van der Waals surface area contributed by atoms with Gasteiger partial charge in [-0.3, -0.25) is 0 Å². The zero-order valence-corrected chi connectivity index (χ0v) is 12.9. The van der Waals surface area contributed by atoms with Crippen molar-refractivity contribution in [3.63, 3.8) is 0 Å². The summed E-state index contributed by atoms with van der Waals surface area (Å²) in [5.74, 6) is 7.13. The van der Waals surface area contributed by atoms with E-state index in [1.807, 2.05) is 0 Å². The third-order valence-electron chi connectivity index (χ3n) is 4.33. The van der Waals surface area contributed by atoms with E-state index in [9.17, 15) is 0 Å². The molecule has 0 heteroatoms. The van der Waals surface area contributed by atoms with Crippen molar-refractivity contribution < 1.29 is 0 Å². The van der Waals surface area contributed by atoms with E-state index in [2.05, 4.69) is 81.1 Å². The fourth-order valence-corrected chi connectivity index (χ4v) is 2.97. The topological polar surface area (TPSA) is 0 Å². The molecule has 0 saturated heterocycles. The summed E-state index contributed by atoms with van der Waals surface area (Å²) in [5.41, 5.74) is 7.86. The van der Waals surface area contributed by atoms with E-state index in [1.54, 1.807) is 0 Å². The van der Waals surface area contributed by atoms with Crippen LogP contribution >= 0.6 is 0 Å². The van der Waals surface area contributed by atoms with Crippen molar-refractivity contribution in [2.75, 3.05) is 0 Å². The average molecular weight is 272 g/mol. The first-order valence-electron chi connectivity index (χ1n) is 7.49. The van der Waals surface area contributed by atoms with E-state index in [0.29, 0.717) is 5.92 Å². The van der Waals surface area contributed by atoms with Gasteiger partial charge in [0.2, 0.25) is 0 Å². The van der Waals surface area contributed by atoms with Crippen LogP contribution in [0.15, 0.2) is 54.1 Å². The third kappa shape index (κ3) is 2.65. The Bertz CT molecular complexity index is 749. The van der Waals surface area contributed by atoms with Gasteiger partial charge in [-0.05, 0) is 43.0 Å². The van der Waals surface area contributed by atoms with Crippen LogP contribution in [0.25, 0.3) is 5.57 Å². The second-order valence-electron chi connectivity index (χ2n) is 5.84. The third-order valence-corrected chi connectivity index (χ3v) is 4.33. The normalized spacial score (nSPS) is 17.4. The molecule has 0 nitrogen and oxygen atoms in total. The predicted molar refractivity (Wildman–Crippen MR) is 90.1 cm³/mol. The highest BCUT2D eigenvalue weighted by Crippen LogP contribution is 2.36. The quantitative estimate of drug-likeness (QED) is 0.653. The van der Waals surface area contributed by atoms with Crippen LogP contribution in [0.4, 0.5) is 0 Å². The average Bonchev–Trinajstić information content (AvgIpc) is 2.50. The number of rotatable bonds is 2. The SMILES string of the molecule is CC1=C(c2ccccc2C)C#CCC1c1ccc(C)cc1. The molecule has 0 aliphatic heterocycles. The molecule has 21 heavy (non-hydrogen) atoms. The van der Waals surface area contributed by atoms with Gasteiger partial charge >= 0.3 is 0 Å². The van der Waals surface area contributed by atoms with Gasteiger partial charge in [-0.1, -0.05) is 65.9 Å². The maximum Gasteiger partial charge on any atom is 0.0316 e. The minimum Gasteiger partial charge on any atom is -0.0969 e. The van der Waals surface area contributed by atoms with Crippen molar-refractivity contribution in [2.45, 2.75) is 33.1 Å². The molecule has 2 aromatic rings. The van der Waals surface area contributed by atoms with Gasteiger partial charge in [-0.2, -0.15) is 0 Å². The summed E-state index contributed by atoms with van der Waals surface area (Å²) in [6.07, 6.45) is 0.921. The maximum absolute atomic E-state index is 3.37. The molecular formula is C21H20. The Morgan fingerprint density at radius 2 is 1.62 bits per heavy atom. The lowest BCUT2D eigenvalue weighted by atomic mass is 9.81. The predicted octanol–water partition coefficient (Wildman–Crippen LogP) is 5.27. The number of benzene rings is 2. The number of aryl methyl sites for hydroxylation is 2. The first kappa shape index (κ1) is 13.7. The Hall–Kier alpha value is -2.26. The molecule has 3 rings (SSSR count). The van der Waals surface area contributed by atoms with Gasteiger partial charge in [0.25, 0.3) is 0 Å². The van der Waals surface area contributed by atoms with E-state index in [0.717, 1.165) is 6.42 Å². The summed E-state index contributed by atoms with van der Waals surface area (Å²) in [5, 5.41) is 0. The van der Waals surface area contributed by atoms with Gasteiger partial charge in [0.15, 0.2) is 0 Å². The highest BCUT2D eigenvalue weighted by atomic mass is 14.2. The Morgan fingerprint density at radius 3 is 2.33 bits per heavy atom. The molecule has 104 valence electrons. The summed E-state index contributed by atoms with van der Waals surface area (Å²) in [6.45, 7) is 6.53. The lowest BCUT2D eigenvalue weighted by Crippen LogP contribution is -2.06. The molecule has 1 atom stereocenters. The highest BCUT2D eigenvalue weighted by Gasteiger charge is 2.19. The fraction of sp³-hybridized carbons (Fsp3) is 0.238. The summed E-state index contributed by atoms with van der Waals surface area (Å²) in [4.78, 5) is 0. The molecule has 1 unspecified atom stereocenters. The minimum absolute atomic E-state index is 0.418. The molecule has 0 amide bonds. The van der Waals surface area contributed by atoms with Crippen LogP contribution in [0.2, 0.25) is 0 Å². The number of hydrogen-bond donors (Lipinski definition) is 0. The molecule has 0 fully saturated rings. The van der Waals surface area contributed by atoms with Crippen molar-refractivity contribution in [1.29, 1.82) is 0 Å². The van der Waals surface area contributed by atoms with Gasteiger partial charge in [0.05, 0.1) is 0 Å². The molecule has 0 N–H and O–H groups in total. The van der Waals surface area contributed by atoms with Gasteiger partial charge in [-0.15, -0.1) is 0 Å². The van der Waals surface area contributed by atoms with Crippen LogP contribution in [0.3, 0.4) is 0 Å². The van der Waals surface area contributed by atoms with Crippen molar-refractivity contribution in [3.8, 4) is 11.8 Å². The molecule has 2 aromatic carbocycles. The van der Waals surface area contributed by atoms with Crippen LogP contribution in [-0.2, 0) is 0 Å². The second-order valence-corrected chi connectivity index (χ2v) is 5.84. The van der Waals surface area contributed by atoms with E-state index >= 15 is 0 Å². The van der Waals surface area contributed by atoms with Crippen molar-refractivity contribution >= 4 is 5.57 Å². The lowest BCUT2D eigenvalue weighted by Gasteiger charge is -2.22. The monoisotopic (exact) mass is 272 g/mol. The Balaban J connectivity index is 2.06. The Labute approximate surface area is 127 Å². The zero-order chi connectivity index (χ0) is 14.8. The zero-order valence-electron chi connectivity index (χ0n) is 12.9. The fourth-order valence-electron chi connectivity index (χ4n) is 2.97. The summed E-state index contributed by atoms with van der Waals surface area (Å²) >= 11 is 0. The van der Waals surface area contributed by atoms with Gasteiger partial charge in [-0.25, -0.2) is 0 Å². The summed E-state index contributed by atoms with van der Waals surface area (Å²) < 4.78 is 0. The van der Waals surface area contributed by atoms with Crippen LogP contribution in [-0.4, -0.2) is 0 Å². The molecule has 0 bridgehead atoms. The molecule has 0 saturated carbocycles. The molecule has 0 heterocycles. The van der Waals surface area contributed by atoms with Crippen LogP contribution in [0.1, 0.15) is 41.5 Å². The smallest absolute Gasteiger partial charge is 0.0316 e. The van der Waals surface area contributed by atoms with Crippen LogP contribution in [0, 0.1) is 25.7 Å². The van der Waals surface area contributed by atoms with E-state index in [1.165, 1.54) is 33.4 Å². The van der Waals surface area contributed by atoms with Crippen molar-refractivity contribution in [3.05, 3.63) is 76.4 Å². The van der Waals surface area contributed by atoms with Crippen molar-refractivity contribution in [1.82, 2.24) is 0 Å². The van der Waals surface area contributed by atoms with Gasteiger partial charge < -0.3 is 0 Å². The Kier molecular flexibility index (Phi) is 3.67. The molecular weight excluding hydrogens is 252 g/mol. The van der Waals surface area contributed by atoms with Crippen LogP contribution in [0.5, 0.6) is 0 Å². The molecule has 1 aliphatic carbocycles.